The zero-order valence-electron chi connectivity index (χ0n) is 12.5. The Hall–Kier alpha value is -2.49. The maximum Gasteiger partial charge on any atom is 0.251 e. The van der Waals surface area contributed by atoms with Gasteiger partial charge in [-0.05, 0) is 37.6 Å². The van der Waals surface area contributed by atoms with Crippen molar-refractivity contribution >= 4 is 11.6 Å². The van der Waals surface area contributed by atoms with Gasteiger partial charge in [-0.1, -0.05) is 23.8 Å². The minimum absolute atomic E-state index is 0.102. The van der Waals surface area contributed by atoms with Crippen molar-refractivity contribution in [1.82, 2.24) is 5.32 Å². The number of phenolic OH excluding ortho intramolecular Hbond substituents is 1. The van der Waals surface area contributed by atoms with E-state index in [1.54, 1.807) is 19.2 Å². The van der Waals surface area contributed by atoms with Crippen molar-refractivity contribution in [3.63, 3.8) is 0 Å². The third kappa shape index (κ3) is 3.34. The molecule has 0 spiro atoms. The molecule has 110 valence electrons. The first kappa shape index (κ1) is 14.9. The number of amides is 1. The number of aryl methyl sites for hydroxylation is 1. The normalized spacial score (nSPS) is 10.2. The summed E-state index contributed by atoms with van der Waals surface area (Å²) in [6.07, 6.45) is 0. The van der Waals surface area contributed by atoms with Crippen LogP contribution in [0.15, 0.2) is 36.4 Å². The second-order valence-electron chi connectivity index (χ2n) is 5.04. The fourth-order valence-electron chi connectivity index (χ4n) is 2.25. The molecule has 0 aromatic heterocycles. The zero-order valence-corrected chi connectivity index (χ0v) is 12.5. The summed E-state index contributed by atoms with van der Waals surface area (Å²) in [5, 5.41) is 15.8. The molecule has 0 radical (unpaired) electrons. The van der Waals surface area contributed by atoms with E-state index in [0.717, 1.165) is 22.4 Å². The monoisotopic (exact) mass is 284 g/mol. The molecule has 0 heterocycles. The summed E-state index contributed by atoms with van der Waals surface area (Å²) in [5.74, 6) is 0.169. The minimum Gasteiger partial charge on any atom is -0.508 e. The molecule has 2 rings (SSSR count). The highest BCUT2D eigenvalue weighted by atomic mass is 16.3. The van der Waals surface area contributed by atoms with Crippen LogP contribution in [0.1, 0.15) is 27.0 Å². The number of anilines is 1. The summed E-state index contributed by atoms with van der Waals surface area (Å²) in [7, 11) is 1.62. The molecule has 0 aliphatic carbocycles. The number of carbonyl (C=O) groups is 1. The minimum atomic E-state index is -0.102. The molecule has 0 saturated carbocycles. The Balaban J connectivity index is 2.21. The van der Waals surface area contributed by atoms with Crippen LogP contribution < -0.4 is 10.6 Å². The summed E-state index contributed by atoms with van der Waals surface area (Å²) >= 11 is 0. The molecule has 0 unspecified atom stereocenters. The lowest BCUT2D eigenvalue weighted by Gasteiger charge is -2.13. The van der Waals surface area contributed by atoms with E-state index in [1.807, 2.05) is 38.1 Å². The summed E-state index contributed by atoms with van der Waals surface area (Å²) in [6, 6.07) is 11.1. The molecule has 0 aliphatic rings. The standard InChI is InChI=1S/C17H20N2O2/c1-11-7-8-16(20)13(9-11)10-19-15-6-4-5-14(12(15)2)17(21)18-3/h4-9,19-20H,10H2,1-3H3,(H,18,21). The predicted molar refractivity (Wildman–Crippen MR) is 84.7 cm³/mol. The first-order valence-electron chi connectivity index (χ1n) is 6.87. The second kappa shape index (κ2) is 6.31. The van der Waals surface area contributed by atoms with Crippen LogP contribution in [0, 0.1) is 13.8 Å². The van der Waals surface area contributed by atoms with Crippen molar-refractivity contribution in [2.75, 3.05) is 12.4 Å². The van der Waals surface area contributed by atoms with Crippen LogP contribution >= 0.6 is 0 Å². The fourth-order valence-corrected chi connectivity index (χ4v) is 2.25. The SMILES string of the molecule is CNC(=O)c1cccc(NCc2cc(C)ccc2O)c1C. The molecule has 0 atom stereocenters. The summed E-state index contributed by atoms with van der Waals surface area (Å²) in [4.78, 5) is 11.8. The lowest BCUT2D eigenvalue weighted by atomic mass is 10.1. The Bertz CT molecular complexity index is 666. The molecule has 1 amide bonds. The van der Waals surface area contributed by atoms with E-state index in [2.05, 4.69) is 10.6 Å². The highest BCUT2D eigenvalue weighted by Gasteiger charge is 2.10. The number of rotatable bonds is 4. The number of hydrogen-bond donors (Lipinski definition) is 3. The van der Waals surface area contributed by atoms with E-state index < -0.39 is 0 Å². The van der Waals surface area contributed by atoms with Crippen LogP contribution in [0.5, 0.6) is 5.75 Å². The molecule has 21 heavy (non-hydrogen) atoms. The second-order valence-corrected chi connectivity index (χ2v) is 5.04. The molecule has 0 bridgehead atoms. The lowest BCUT2D eigenvalue weighted by molar-refractivity contribution is 0.0962. The Kier molecular flexibility index (Phi) is 4.48. The van der Waals surface area contributed by atoms with Gasteiger partial charge in [0.2, 0.25) is 0 Å². The van der Waals surface area contributed by atoms with E-state index in [4.69, 9.17) is 0 Å². The molecule has 4 heteroatoms. The number of aromatic hydroxyl groups is 1. The van der Waals surface area contributed by atoms with E-state index in [1.165, 1.54) is 0 Å². The maximum atomic E-state index is 11.8. The summed E-state index contributed by atoms with van der Waals surface area (Å²) in [6.45, 7) is 4.40. The quantitative estimate of drug-likeness (QED) is 0.809. The molecule has 0 saturated heterocycles. The first-order valence-corrected chi connectivity index (χ1v) is 6.87. The smallest absolute Gasteiger partial charge is 0.251 e. The van der Waals surface area contributed by atoms with Crippen molar-refractivity contribution in [2.45, 2.75) is 20.4 Å². The van der Waals surface area contributed by atoms with Crippen LogP contribution in [0.25, 0.3) is 0 Å². The van der Waals surface area contributed by atoms with Gasteiger partial charge in [0.15, 0.2) is 0 Å². The van der Waals surface area contributed by atoms with Crippen molar-refractivity contribution in [1.29, 1.82) is 0 Å². The van der Waals surface area contributed by atoms with Gasteiger partial charge in [0.05, 0.1) is 0 Å². The third-order valence-electron chi connectivity index (χ3n) is 3.51. The Morgan fingerprint density at radius 3 is 2.67 bits per heavy atom. The number of phenols is 1. The highest BCUT2D eigenvalue weighted by Crippen LogP contribution is 2.23. The Morgan fingerprint density at radius 2 is 1.95 bits per heavy atom. The fraction of sp³-hybridized carbons (Fsp3) is 0.235. The predicted octanol–water partition coefficient (Wildman–Crippen LogP) is 2.98. The molecule has 3 N–H and O–H groups in total. The van der Waals surface area contributed by atoms with Crippen molar-refractivity contribution in [3.8, 4) is 5.75 Å². The van der Waals surface area contributed by atoms with Gasteiger partial charge in [0.1, 0.15) is 5.75 Å². The van der Waals surface area contributed by atoms with Crippen LogP contribution in [0.3, 0.4) is 0 Å². The van der Waals surface area contributed by atoms with Gasteiger partial charge in [-0.2, -0.15) is 0 Å². The topological polar surface area (TPSA) is 61.4 Å². The van der Waals surface area contributed by atoms with Crippen LogP contribution in [-0.4, -0.2) is 18.1 Å². The van der Waals surface area contributed by atoms with E-state index in [-0.39, 0.29) is 11.7 Å². The van der Waals surface area contributed by atoms with Gasteiger partial charge < -0.3 is 15.7 Å². The van der Waals surface area contributed by atoms with Gasteiger partial charge in [-0.3, -0.25) is 4.79 Å². The van der Waals surface area contributed by atoms with Crippen molar-refractivity contribution < 1.29 is 9.90 Å². The summed E-state index contributed by atoms with van der Waals surface area (Å²) in [5.41, 5.74) is 4.36. The van der Waals surface area contributed by atoms with E-state index >= 15 is 0 Å². The zero-order chi connectivity index (χ0) is 15.4. The van der Waals surface area contributed by atoms with Gasteiger partial charge in [0, 0.05) is 30.4 Å². The van der Waals surface area contributed by atoms with Gasteiger partial charge in [-0.15, -0.1) is 0 Å². The first-order chi connectivity index (χ1) is 10.0. The molecule has 2 aromatic rings. The van der Waals surface area contributed by atoms with Crippen molar-refractivity contribution in [2.24, 2.45) is 0 Å². The Morgan fingerprint density at radius 1 is 1.19 bits per heavy atom. The number of carbonyl (C=O) groups excluding carboxylic acids is 1. The summed E-state index contributed by atoms with van der Waals surface area (Å²) < 4.78 is 0. The molecule has 2 aromatic carbocycles. The number of hydrogen-bond acceptors (Lipinski definition) is 3. The maximum absolute atomic E-state index is 11.8. The van der Waals surface area contributed by atoms with Crippen LogP contribution in [-0.2, 0) is 6.54 Å². The average molecular weight is 284 g/mol. The molecule has 4 nitrogen and oxygen atoms in total. The number of nitrogens with one attached hydrogen (secondary N) is 2. The van der Waals surface area contributed by atoms with Crippen molar-refractivity contribution in [3.05, 3.63) is 58.7 Å². The van der Waals surface area contributed by atoms with Crippen LogP contribution in [0.2, 0.25) is 0 Å². The third-order valence-corrected chi connectivity index (χ3v) is 3.51. The van der Waals surface area contributed by atoms with Crippen LogP contribution in [0.4, 0.5) is 5.69 Å². The van der Waals surface area contributed by atoms with Gasteiger partial charge in [0.25, 0.3) is 5.91 Å². The molecular formula is C17H20N2O2. The van der Waals surface area contributed by atoms with E-state index in [0.29, 0.717) is 12.1 Å². The average Bonchev–Trinajstić information content (AvgIpc) is 2.48. The molecule has 0 fully saturated rings. The van der Waals surface area contributed by atoms with Gasteiger partial charge >= 0.3 is 0 Å². The Labute approximate surface area is 124 Å². The molecular weight excluding hydrogens is 264 g/mol. The largest absolute Gasteiger partial charge is 0.508 e. The van der Waals surface area contributed by atoms with Gasteiger partial charge in [-0.25, -0.2) is 0 Å². The lowest BCUT2D eigenvalue weighted by Crippen LogP contribution is -2.19. The number of benzene rings is 2. The van der Waals surface area contributed by atoms with E-state index in [9.17, 15) is 9.90 Å². The molecule has 0 aliphatic heterocycles. The highest BCUT2D eigenvalue weighted by molar-refractivity contribution is 5.96.